The Hall–Kier alpha value is -2.85. The second-order valence-electron chi connectivity index (χ2n) is 8.91. The second-order valence-corrected chi connectivity index (χ2v) is 9.94. The summed E-state index contributed by atoms with van der Waals surface area (Å²) in [5.41, 5.74) is 1.72. The summed E-state index contributed by atoms with van der Waals surface area (Å²) >= 11 is 1.47. The Kier molecular flexibility index (Phi) is 9.03. The maximum absolute atomic E-state index is 13.1. The molecular formula is C27H33FN4O3S. The molecule has 36 heavy (non-hydrogen) atoms. The van der Waals surface area contributed by atoms with E-state index in [0.29, 0.717) is 24.3 Å². The van der Waals surface area contributed by atoms with Gasteiger partial charge in [0.2, 0.25) is 0 Å². The van der Waals surface area contributed by atoms with E-state index in [9.17, 15) is 9.18 Å². The van der Waals surface area contributed by atoms with Crippen LogP contribution in [0.2, 0.25) is 0 Å². The van der Waals surface area contributed by atoms with Crippen molar-refractivity contribution in [3.8, 4) is 11.5 Å². The first kappa shape index (κ1) is 26.2. The fraction of sp³-hybridized carbons (Fsp3) is 0.407. The maximum Gasteiger partial charge on any atom is 0.175 e. The normalized spacial score (nSPS) is 17.8. The first-order chi connectivity index (χ1) is 17.4. The highest BCUT2D eigenvalue weighted by atomic mass is 32.1. The molecular weight excluding hydrogens is 479 g/mol. The predicted molar refractivity (Wildman–Crippen MR) is 140 cm³/mol. The summed E-state index contributed by atoms with van der Waals surface area (Å²) in [5, 5.41) is 8.07. The lowest BCUT2D eigenvalue weighted by atomic mass is 10.1. The molecule has 1 aromatic heterocycles. The van der Waals surface area contributed by atoms with Crippen LogP contribution < -0.4 is 20.1 Å². The van der Waals surface area contributed by atoms with Crippen LogP contribution in [-0.2, 0) is 6.42 Å². The highest BCUT2D eigenvalue weighted by molar-refractivity contribution is 7.14. The Labute approximate surface area is 215 Å². The van der Waals surface area contributed by atoms with E-state index in [-0.39, 0.29) is 23.8 Å². The van der Waals surface area contributed by atoms with Crippen molar-refractivity contribution in [2.75, 3.05) is 40.4 Å². The van der Waals surface area contributed by atoms with Gasteiger partial charge in [-0.15, -0.1) is 11.3 Å². The molecule has 2 aromatic carbocycles. The zero-order chi connectivity index (χ0) is 25.5. The fourth-order valence-corrected chi connectivity index (χ4v) is 5.23. The third-order valence-corrected chi connectivity index (χ3v) is 7.61. The molecule has 9 heteroatoms. The second kappa shape index (κ2) is 12.4. The van der Waals surface area contributed by atoms with Gasteiger partial charge in [-0.2, -0.15) is 0 Å². The van der Waals surface area contributed by atoms with E-state index in [1.54, 1.807) is 19.2 Å². The molecule has 0 spiro atoms. The van der Waals surface area contributed by atoms with Crippen LogP contribution in [0.4, 0.5) is 4.39 Å². The van der Waals surface area contributed by atoms with Crippen LogP contribution in [0.3, 0.4) is 0 Å². The van der Waals surface area contributed by atoms with Gasteiger partial charge in [-0.25, -0.2) is 9.37 Å². The summed E-state index contributed by atoms with van der Waals surface area (Å²) in [5.74, 6) is 1.42. The number of methoxy groups -OCH3 is 1. The van der Waals surface area contributed by atoms with Crippen LogP contribution >= 0.6 is 11.3 Å². The van der Waals surface area contributed by atoms with Gasteiger partial charge < -0.3 is 14.8 Å². The van der Waals surface area contributed by atoms with Crippen molar-refractivity contribution < 1.29 is 18.7 Å². The van der Waals surface area contributed by atoms with E-state index in [1.807, 2.05) is 31.2 Å². The quantitative estimate of drug-likeness (QED) is 0.377. The minimum absolute atomic E-state index is 0.0241. The monoisotopic (exact) mass is 512 g/mol. The summed E-state index contributed by atoms with van der Waals surface area (Å²) in [6.45, 7) is 4.77. The molecule has 0 saturated carbocycles. The number of rotatable bonds is 11. The van der Waals surface area contributed by atoms with Gasteiger partial charge in [0.15, 0.2) is 5.78 Å². The number of hydrogen-bond donors (Lipinski definition) is 2. The molecule has 0 amide bonds. The topological polar surface area (TPSA) is 75.7 Å². The van der Waals surface area contributed by atoms with Crippen molar-refractivity contribution in [1.82, 2.24) is 20.5 Å². The molecule has 1 fully saturated rings. The van der Waals surface area contributed by atoms with Gasteiger partial charge in [-0.1, -0.05) is 12.1 Å². The molecule has 2 heterocycles. The molecule has 1 aliphatic rings. The number of carbonyl (C=O) groups excluding carboxylic acids is 1. The highest BCUT2D eigenvalue weighted by Crippen LogP contribution is 2.27. The van der Waals surface area contributed by atoms with Crippen LogP contribution in [0.5, 0.6) is 11.5 Å². The Balaban J connectivity index is 1.28. The van der Waals surface area contributed by atoms with E-state index >= 15 is 0 Å². The van der Waals surface area contributed by atoms with Gasteiger partial charge >= 0.3 is 0 Å². The van der Waals surface area contributed by atoms with E-state index in [0.717, 1.165) is 47.4 Å². The summed E-state index contributed by atoms with van der Waals surface area (Å²) < 4.78 is 24.2. The number of Topliss-reactive ketones (excluding diaryl/α,β-unsaturated/α-hetero) is 1. The molecule has 2 unspecified atom stereocenters. The van der Waals surface area contributed by atoms with E-state index in [2.05, 4.69) is 22.6 Å². The predicted octanol–water partition coefficient (Wildman–Crippen LogP) is 3.99. The number of piperazine rings is 1. The number of aryl methyl sites for hydroxylation is 2. The van der Waals surface area contributed by atoms with Gasteiger partial charge in [0.05, 0.1) is 29.9 Å². The van der Waals surface area contributed by atoms with Gasteiger partial charge in [0, 0.05) is 26.1 Å². The van der Waals surface area contributed by atoms with Crippen LogP contribution in [0, 0.1) is 12.7 Å². The van der Waals surface area contributed by atoms with Crippen molar-refractivity contribution in [2.24, 2.45) is 0 Å². The summed E-state index contributed by atoms with van der Waals surface area (Å²) in [6.07, 6.45) is 1.08. The third-order valence-electron chi connectivity index (χ3n) is 6.30. The third kappa shape index (κ3) is 6.88. The summed E-state index contributed by atoms with van der Waals surface area (Å²) in [4.78, 5) is 20.5. The molecule has 192 valence electrons. The van der Waals surface area contributed by atoms with Crippen LogP contribution in [0.15, 0.2) is 48.5 Å². The number of nitrogens with zero attached hydrogens (tertiary/aromatic N) is 2. The molecule has 7 nitrogen and oxygen atoms in total. The SMILES string of the molecule is COc1ccc(OCCN(C)C2CNCC(c3nc(C)c(C(=O)CCc4ccc(F)cc4)s3)N2)cc1. The molecule has 0 radical (unpaired) electrons. The average Bonchev–Trinajstić information content (AvgIpc) is 3.30. The Bertz CT molecular complexity index is 1140. The zero-order valence-corrected chi connectivity index (χ0v) is 21.7. The van der Waals surface area contributed by atoms with Crippen LogP contribution in [0.25, 0.3) is 0 Å². The van der Waals surface area contributed by atoms with Crippen molar-refractivity contribution in [2.45, 2.75) is 32.0 Å². The Morgan fingerprint density at radius 2 is 1.86 bits per heavy atom. The summed E-state index contributed by atoms with van der Waals surface area (Å²) in [6, 6.07) is 13.9. The Morgan fingerprint density at radius 1 is 1.14 bits per heavy atom. The van der Waals surface area contributed by atoms with Crippen LogP contribution in [-0.4, -0.2) is 62.2 Å². The standard InChI is InChI=1S/C27H33FN4O3S/c1-18-26(24(33)13-6-19-4-7-20(28)8-5-19)36-27(30-18)23-16-29-17-25(31-23)32(2)14-15-35-22-11-9-21(34-3)10-12-22/h4-5,7-12,23,25,29,31H,6,13-17H2,1-3H3. The van der Waals surface area contributed by atoms with Gasteiger partial charge in [-0.05, 0) is 62.4 Å². The van der Waals surface area contributed by atoms with Gasteiger partial charge in [-0.3, -0.25) is 15.0 Å². The smallest absolute Gasteiger partial charge is 0.175 e. The Morgan fingerprint density at radius 3 is 2.58 bits per heavy atom. The molecule has 3 aromatic rings. The number of benzene rings is 2. The van der Waals surface area contributed by atoms with Crippen molar-refractivity contribution in [3.63, 3.8) is 0 Å². The number of ketones is 1. The lowest BCUT2D eigenvalue weighted by Gasteiger charge is -2.36. The molecule has 2 N–H and O–H groups in total. The number of ether oxygens (including phenoxy) is 2. The molecule has 1 aliphatic heterocycles. The number of nitrogens with one attached hydrogen (secondary N) is 2. The highest BCUT2D eigenvalue weighted by Gasteiger charge is 2.28. The number of likely N-dealkylation sites (N-methyl/N-ethyl adjacent to an activating group) is 1. The molecule has 0 aliphatic carbocycles. The maximum atomic E-state index is 13.1. The number of hydrogen-bond acceptors (Lipinski definition) is 8. The van der Waals surface area contributed by atoms with E-state index < -0.39 is 0 Å². The summed E-state index contributed by atoms with van der Waals surface area (Å²) in [7, 11) is 3.71. The largest absolute Gasteiger partial charge is 0.497 e. The number of aromatic nitrogens is 1. The van der Waals surface area contributed by atoms with Crippen molar-refractivity contribution in [1.29, 1.82) is 0 Å². The zero-order valence-electron chi connectivity index (χ0n) is 20.9. The van der Waals surface area contributed by atoms with Crippen molar-refractivity contribution in [3.05, 3.63) is 75.5 Å². The van der Waals surface area contributed by atoms with E-state index in [4.69, 9.17) is 14.5 Å². The molecule has 0 bridgehead atoms. The number of halogens is 1. The first-order valence-electron chi connectivity index (χ1n) is 12.1. The minimum Gasteiger partial charge on any atom is -0.497 e. The first-order valence-corrected chi connectivity index (χ1v) is 12.9. The van der Waals surface area contributed by atoms with Gasteiger partial charge in [0.1, 0.15) is 28.9 Å². The molecule has 4 rings (SSSR count). The number of thiazole rings is 1. The van der Waals surface area contributed by atoms with Gasteiger partial charge in [0.25, 0.3) is 0 Å². The molecule has 1 saturated heterocycles. The average molecular weight is 513 g/mol. The number of carbonyl (C=O) groups is 1. The molecule has 2 atom stereocenters. The minimum atomic E-state index is -0.268. The lowest BCUT2D eigenvalue weighted by Crippen LogP contribution is -2.57. The van der Waals surface area contributed by atoms with Crippen LogP contribution in [0.1, 0.15) is 38.4 Å². The lowest BCUT2D eigenvalue weighted by molar-refractivity contribution is 0.0986. The van der Waals surface area contributed by atoms with Crippen molar-refractivity contribution >= 4 is 17.1 Å². The van der Waals surface area contributed by atoms with E-state index in [1.165, 1.54) is 23.5 Å². The fourth-order valence-electron chi connectivity index (χ4n) is 4.14.